The highest BCUT2D eigenvalue weighted by Crippen LogP contribution is 2.40. The maximum atomic E-state index is 4.78. The van der Waals surface area contributed by atoms with Crippen molar-refractivity contribution in [1.82, 2.24) is 9.97 Å². The third-order valence-corrected chi connectivity index (χ3v) is 5.27. The molecule has 2 aliphatic rings. The Hall–Kier alpha value is -1.62. The molecule has 0 unspecified atom stereocenters. The number of nitrogens with one attached hydrogen (secondary N) is 2. The number of aromatic nitrogens is 2. The van der Waals surface area contributed by atoms with E-state index in [1.807, 2.05) is 12.1 Å². The number of hydrogen-bond donors (Lipinski definition) is 2. The molecule has 0 amide bonds. The van der Waals surface area contributed by atoms with E-state index in [-0.39, 0.29) is 0 Å². The number of benzene rings is 1. The molecule has 4 nitrogen and oxygen atoms in total. The Morgan fingerprint density at radius 2 is 1.79 bits per heavy atom. The number of nitrogens with zero attached hydrogens (tertiary/aromatic N) is 2. The van der Waals surface area contributed by atoms with Crippen LogP contribution >= 0.6 is 15.9 Å². The first-order chi connectivity index (χ1) is 11.8. The van der Waals surface area contributed by atoms with Crippen molar-refractivity contribution in [1.29, 1.82) is 0 Å². The summed E-state index contributed by atoms with van der Waals surface area (Å²) in [6.45, 7) is 0. The lowest BCUT2D eigenvalue weighted by molar-refractivity contribution is 0.460. The monoisotopic (exact) mass is 386 g/mol. The molecule has 4 rings (SSSR count). The van der Waals surface area contributed by atoms with E-state index in [0.717, 1.165) is 21.9 Å². The average Bonchev–Trinajstić information content (AvgIpc) is 3.40. The summed E-state index contributed by atoms with van der Waals surface area (Å²) in [7, 11) is 0. The zero-order chi connectivity index (χ0) is 16.4. The SMILES string of the molecule is Brc1cccc(Nc2cc(C3CC3)nc(NC3CCCCC3)n2)c1. The van der Waals surface area contributed by atoms with Crippen LogP contribution in [0.2, 0.25) is 0 Å². The molecule has 126 valence electrons. The van der Waals surface area contributed by atoms with Gasteiger partial charge in [-0.25, -0.2) is 4.98 Å². The summed E-state index contributed by atoms with van der Waals surface area (Å²) in [6.07, 6.45) is 8.92. The predicted octanol–water partition coefficient (Wildman–Crippen LogP) is 5.60. The highest BCUT2D eigenvalue weighted by atomic mass is 79.9. The number of anilines is 3. The maximum absolute atomic E-state index is 4.78. The first-order valence-corrected chi connectivity index (χ1v) is 9.74. The van der Waals surface area contributed by atoms with E-state index in [0.29, 0.717) is 12.0 Å². The van der Waals surface area contributed by atoms with E-state index >= 15 is 0 Å². The summed E-state index contributed by atoms with van der Waals surface area (Å²) in [5.74, 6) is 2.27. The molecule has 2 saturated carbocycles. The maximum Gasteiger partial charge on any atom is 0.225 e. The summed E-state index contributed by atoms with van der Waals surface area (Å²) in [6, 6.07) is 10.8. The van der Waals surface area contributed by atoms with Gasteiger partial charge in [-0.05, 0) is 43.9 Å². The summed E-state index contributed by atoms with van der Waals surface area (Å²) in [5, 5.41) is 6.99. The van der Waals surface area contributed by atoms with Gasteiger partial charge in [-0.2, -0.15) is 4.98 Å². The number of halogens is 1. The Labute approximate surface area is 151 Å². The summed E-state index contributed by atoms with van der Waals surface area (Å²) in [4.78, 5) is 9.49. The van der Waals surface area contributed by atoms with E-state index in [1.165, 1.54) is 50.6 Å². The quantitative estimate of drug-likeness (QED) is 0.701. The van der Waals surface area contributed by atoms with Crippen LogP contribution in [-0.2, 0) is 0 Å². The minimum absolute atomic E-state index is 0.520. The fourth-order valence-corrected chi connectivity index (χ4v) is 3.73. The Morgan fingerprint density at radius 3 is 2.54 bits per heavy atom. The Balaban J connectivity index is 1.56. The van der Waals surface area contributed by atoms with Crippen LogP contribution < -0.4 is 10.6 Å². The van der Waals surface area contributed by atoms with Gasteiger partial charge >= 0.3 is 0 Å². The number of hydrogen-bond acceptors (Lipinski definition) is 4. The minimum atomic E-state index is 0.520. The van der Waals surface area contributed by atoms with Crippen molar-refractivity contribution in [3.63, 3.8) is 0 Å². The molecule has 5 heteroatoms. The normalized spacial score (nSPS) is 18.4. The van der Waals surface area contributed by atoms with E-state index in [1.54, 1.807) is 0 Å². The van der Waals surface area contributed by atoms with Crippen molar-refractivity contribution in [3.05, 3.63) is 40.5 Å². The fourth-order valence-electron chi connectivity index (χ4n) is 3.33. The van der Waals surface area contributed by atoms with E-state index in [2.05, 4.69) is 44.8 Å². The molecule has 0 atom stereocenters. The molecule has 2 aromatic rings. The van der Waals surface area contributed by atoms with Gasteiger partial charge < -0.3 is 10.6 Å². The minimum Gasteiger partial charge on any atom is -0.351 e. The van der Waals surface area contributed by atoms with E-state index in [9.17, 15) is 0 Å². The van der Waals surface area contributed by atoms with Crippen molar-refractivity contribution < 1.29 is 0 Å². The van der Waals surface area contributed by atoms with Gasteiger partial charge in [0.05, 0.1) is 5.69 Å². The molecule has 1 heterocycles. The lowest BCUT2D eigenvalue weighted by atomic mass is 9.96. The van der Waals surface area contributed by atoms with Crippen LogP contribution in [-0.4, -0.2) is 16.0 Å². The molecule has 1 aromatic carbocycles. The van der Waals surface area contributed by atoms with Crippen molar-refractivity contribution in [3.8, 4) is 0 Å². The highest BCUT2D eigenvalue weighted by Gasteiger charge is 2.26. The molecule has 24 heavy (non-hydrogen) atoms. The zero-order valence-electron chi connectivity index (χ0n) is 13.8. The van der Waals surface area contributed by atoms with Gasteiger partial charge in [0.25, 0.3) is 0 Å². The Kier molecular flexibility index (Phi) is 4.69. The topological polar surface area (TPSA) is 49.8 Å². The average molecular weight is 387 g/mol. The Morgan fingerprint density at radius 1 is 0.958 bits per heavy atom. The molecular weight excluding hydrogens is 364 g/mol. The summed E-state index contributed by atoms with van der Waals surface area (Å²) < 4.78 is 1.06. The van der Waals surface area contributed by atoms with Gasteiger partial charge in [0.15, 0.2) is 0 Å². The van der Waals surface area contributed by atoms with Gasteiger partial charge in [-0.3, -0.25) is 0 Å². The molecule has 0 radical (unpaired) electrons. The second-order valence-corrected chi connectivity index (χ2v) is 7.81. The second kappa shape index (κ2) is 7.09. The van der Waals surface area contributed by atoms with Crippen molar-refractivity contribution in [2.45, 2.75) is 56.9 Å². The van der Waals surface area contributed by atoms with E-state index in [4.69, 9.17) is 9.97 Å². The fraction of sp³-hybridized carbons (Fsp3) is 0.474. The first kappa shape index (κ1) is 15.9. The van der Waals surface area contributed by atoms with Crippen LogP contribution in [0.4, 0.5) is 17.5 Å². The lowest BCUT2D eigenvalue weighted by Crippen LogP contribution is -2.23. The van der Waals surface area contributed by atoms with Gasteiger partial charge in [0.2, 0.25) is 5.95 Å². The summed E-state index contributed by atoms with van der Waals surface area (Å²) in [5.41, 5.74) is 2.20. The molecule has 0 aliphatic heterocycles. The molecule has 2 aliphatic carbocycles. The van der Waals surface area contributed by atoms with Crippen LogP contribution in [0.1, 0.15) is 56.6 Å². The third-order valence-electron chi connectivity index (χ3n) is 4.78. The van der Waals surface area contributed by atoms with Gasteiger partial charge in [-0.15, -0.1) is 0 Å². The van der Waals surface area contributed by atoms with Crippen LogP contribution in [0.15, 0.2) is 34.8 Å². The van der Waals surface area contributed by atoms with Crippen LogP contribution in [0.25, 0.3) is 0 Å². The molecular formula is C19H23BrN4. The van der Waals surface area contributed by atoms with Crippen LogP contribution in [0.3, 0.4) is 0 Å². The smallest absolute Gasteiger partial charge is 0.225 e. The molecule has 0 spiro atoms. The molecule has 2 N–H and O–H groups in total. The zero-order valence-corrected chi connectivity index (χ0v) is 15.3. The van der Waals surface area contributed by atoms with Gasteiger partial charge in [-0.1, -0.05) is 41.3 Å². The molecule has 0 bridgehead atoms. The molecule has 0 saturated heterocycles. The molecule has 1 aromatic heterocycles. The van der Waals surface area contributed by atoms with E-state index < -0.39 is 0 Å². The van der Waals surface area contributed by atoms with Crippen LogP contribution in [0, 0.1) is 0 Å². The van der Waals surface area contributed by atoms with Gasteiger partial charge in [0.1, 0.15) is 5.82 Å². The predicted molar refractivity (Wildman–Crippen MR) is 102 cm³/mol. The largest absolute Gasteiger partial charge is 0.351 e. The molecule has 2 fully saturated rings. The third kappa shape index (κ3) is 4.07. The van der Waals surface area contributed by atoms with Crippen LogP contribution in [0.5, 0.6) is 0 Å². The second-order valence-electron chi connectivity index (χ2n) is 6.89. The van der Waals surface area contributed by atoms with Crippen molar-refractivity contribution >= 4 is 33.4 Å². The van der Waals surface area contributed by atoms with Crippen molar-refractivity contribution in [2.24, 2.45) is 0 Å². The van der Waals surface area contributed by atoms with Gasteiger partial charge in [0, 0.05) is 28.2 Å². The summed E-state index contributed by atoms with van der Waals surface area (Å²) >= 11 is 3.52. The Bertz CT molecular complexity index is 708. The number of rotatable bonds is 5. The standard InChI is InChI=1S/C19H23BrN4/c20-14-5-4-8-16(11-14)21-18-12-17(13-9-10-13)23-19(24-18)22-15-6-2-1-3-7-15/h4-5,8,11-13,15H,1-3,6-7,9-10H2,(H2,21,22,23,24). The lowest BCUT2D eigenvalue weighted by Gasteiger charge is -2.23. The first-order valence-electron chi connectivity index (χ1n) is 8.94. The highest BCUT2D eigenvalue weighted by molar-refractivity contribution is 9.10. The van der Waals surface area contributed by atoms with Crippen molar-refractivity contribution in [2.75, 3.05) is 10.6 Å².